The Morgan fingerprint density at radius 2 is 1.38 bits per heavy atom. The van der Waals surface area contributed by atoms with Crippen molar-refractivity contribution in [2.45, 2.75) is 69.9 Å². The van der Waals surface area contributed by atoms with Gasteiger partial charge in [0.05, 0.1) is 0 Å². The van der Waals surface area contributed by atoms with E-state index in [2.05, 4.69) is 13.2 Å². The van der Waals surface area contributed by atoms with Gasteiger partial charge in [-0.25, -0.2) is 0 Å². The van der Waals surface area contributed by atoms with Gasteiger partial charge in [0.25, 0.3) is 0 Å². The highest BCUT2D eigenvalue weighted by Crippen LogP contribution is 2.34. The van der Waals surface area contributed by atoms with E-state index >= 15 is 0 Å². The number of hydrogen-bond donors (Lipinski definition) is 2. The maximum atomic E-state index is 5.96. The zero-order valence-corrected chi connectivity index (χ0v) is 10.8. The second kappa shape index (κ2) is 6.06. The predicted octanol–water partition coefficient (Wildman–Crippen LogP) is 1.59. The Morgan fingerprint density at radius 1 is 0.875 bits per heavy atom. The fourth-order valence-electron chi connectivity index (χ4n) is 3.58. The van der Waals surface area contributed by atoms with Gasteiger partial charge in [0.15, 0.2) is 7.98 Å². The molecule has 0 amide bonds. The van der Waals surface area contributed by atoms with Crippen molar-refractivity contribution >= 4 is 7.98 Å². The molecule has 0 aromatic heterocycles. The van der Waals surface area contributed by atoms with Crippen LogP contribution in [0, 0.1) is 11.8 Å². The van der Waals surface area contributed by atoms with Crippen molar-refractivity contribution in [1.29, 1.82) is 0 Å². The lowest BCUT2D eigenvalue weighted by atomic mass is 9.75. The Kier molecular flexibility index (Phi) is 4.72. The molecule has 3 heteroatoms. The molecule has 0 radical (unpaired) electrons. The second-order valence-corrected chi connectivity index (χ2v) is 6.02. The maximum Gasteiger partial charge on any atom is 0.182 e. The Balaban J connectivity index is 1.66. The first-order chi connectivity index (χ1) is 7.78. The summed E-state index contributed by atoms with van der Waals surface area (Å²) in [6, 6.07) is 1.31. The fraction of sp³-hybridized carbons (Fsp3) is 1.00. The molecule has 2 rings (SSSR count). The van der Waals surface area contributed by atoms with E-state index in [4.69, 9.17) is 5.73 Å². The van der Waals surface area contributed by atoms with Crippen molar-refractivity contribution in [3.8, 4) is 0 Å². The molecule has 0 atom stereocenters. The molecule has 16 heavy (non-hydrogen) atoms. The highest BCUT2D eigenvalue weighted by atomic mass is 14.8. The van der Waals surface area contributed by atoms with Gasteiger partial charge in [0.2, 0.25) is 0 Å². The summed E-state index contributed by atoms with van der Waals surface area (Å²) in [5.74, 6) is 2.01. The molecule has 0 heterocycles. The van der Waals surface area contributed by atoms with Crippen molar-refractivity contribution in [1.82, 2.24) is 5.23 Å². The van der Waals surface area contributed by atoms with Crippen molar-refractivity contribution < 1.29 is 0 Å². The lowest BCUT2D eigenvalue weighted by molar-refractivity contribution is 0.222. The van der Waals surface area contributed by atoms with Crippen LogP contribution in [0.1, 0.15) is 57.8 Å². The molecule has 0 aliphatic heterocycles. The molecule has 2 nitrogen and oxygen atoms in total. The average molecular weight is 222 g/mol. The van der Waals surface area contributed by atoms with Gasteiger partial charge >= 0.3 is 0 Å². The topological polar surface area (TPSA) is 38.0 Å². The van der Waals surface area contributed by atoms with Crippen LogP contribution in [-0.2, 0) is 0 Å². The van der Waals surface area contributed by atoms with Crippen molar-refractivity contribution in [2.24, 2.45) is 17.6 Å². The van der Waals surface area contributed by atoms with E-state index in [9.17, 15) is 0 Å². The monoisotopic (exact) mass is 222 g/mol. The van der Waals surface area contributed by atoms with E-state index in [0.29, 0.717) is 6.04 Å². The molecule has 0 unspecified atom stereocenters. The molecular weight excluding hydrogens is 195 g/mol. The molecule has 0 saturated heterocycles. The molecule has 2 saturated carbocycles. The normalized spacial score (nSPS) is 40.8. The Hall–Kier alpha value is -0.0151. The van der Waals surface area contributed by atoms with E-state index in [1.54, 1.807) is 0 Å². The molecule has 3 N–H and O–H groups in total. The third kappa shape index (κ3) is 3.49. The van der Waals surface area contributed by atoms with E-state index in [1.807, 2.05) is 0 Å². The van der Waals surface area contributed by atoms with Crippen LogP contribution >= 0.6 is 0 Å². The van der Waals surface area contributed by atoms with Gasteiger partial charge < -0.3 is 11.0 Å². The molecule has 2 fully saturated rings. The van der Waals surface area contributed by atoms with Crippen LogP contribution in [0.2, 0.25) is 0 Å². The minimum absolute atomic E-state index is 0.510. The Bertz CT molecular complexity index is 194. The molecule has 0 bridgehead atoms. The third-order valence-electron chi connectivity index (χ3n) is 4.81. The summed E-state index contributed by atoms with van der Waals surface area (Å²) < 4.78 is 0. The lowest BCUT2D eigenvalue weighted by Crippen LogP contribution is -2.32. The summed E-state index contributed by atoms with van der Waals surface area (Å²) in [5, 5.41) is 3.42. The second-order valence-electron chi connectivity index (χ2n) is 6.02. The van der Waals surface area contributed by atoms with Crippen molar-refractivity contribution in [3.63, 3.8) is 0 Å². The van der Waals surface area contributed by atoms with Gasteiger partial charge in [-0.15, -0.1) is 0 Å². The van der Waals surface area contributed by atoms with Gasteiger partial charge in [0.1, 0.15) is 0 Å². The minimum atomic E-state index is 0.510. The summed E-state index contributed by atoms with van der Waals surface area (Å²) in [5.41, 5.74) is 5.96. The van der Waals surface area contributed by atoms with Crippen LogP contribution in [0.5, 0.6) is 0 Å². The molecule has 0 aromatic rings. The van der Waals surface area contributed by atoms with Crippen LogP contribution in [0.4, 0.5) is 0 Å². The average Bonchev–Trinajstić information content (AvgIpc) is 2.33. The summed E-state index contributed by atoms with van der Waals surface area (Å²) >= 11 is 0. The molecule has 0 aromatic carbocycles. The first kappa shape index (κ1) is 12.4. The lowest BCUT2D eigenvalue weighted by Gasteiger charge is -2.33. The molecular formula is C13H27BN2. The van der Waals surface area contributed by atoms with E-state index in [0.717, 1.165) is 17.9 Å². The zero-order valence-electron chi connectivity index (χ0n) is 10.8. The largest absolute Gasteiger partial charge is 0.359 e. The smallest absolute Gasteiger partial charge is 0.182 e. The van der Waals surface area contributed by atoms with Gasteiger partial charge in [-0.1, -0.05) is 0 Å². The quantitative estimate of drug-likeness (QED) is 0.711. The number of rotatable bonds is 3. The fourth-order valence-corrected chi connectivity index (χ4v) is 3.58. The van der Waals surface area contributed by atoms with Gasteiger partial charge in [0, 0.05) is 6.04 Å². The molecule has 0 spiro atoms. The van der Waals surface area contributed by atoms with Crippen LogP contribution < -0.4 is 11.0 Å². The maximum absolute atomic E-state index is 5.96. The number of hydrogen-bond acceptors (Lipinski definition) is 2. The van der Waals surface area contributed by atoms with E-state index < -0.39 is 0 Å². The highest BCUT2D eigenvalue weighted by Gasteiger charge is 2.25. The summed E-state index contributed by atoms with van der Waals surface area (Å²) in [6.45, 7) is 0. The SMILES string of the molecule is BNC1CCC(CC2CCC(N)CC2)CC1. The van der Waals surface area contributed by atoms with Crippen molar-refractivity contribution in [2.75, 3.05) is 0 Å². The van der Waals surface area contributed by atoms with Gasteiger partial charge in [-0.2, -0.15) is 0 Å². The first-order valence-electron chi connectivity index (χ1n) is 7.20. The van der Waals surface area contributed by atoms with Gasteiger partial charge in [-0.05, 0) is 75.7 Å². The number of nitrogens with one attached hydrogen (secondary N) is 1. The highest BCUT2D eigenvalue weighted by molar-refractivity contribution is 6.04. The van der Waals surface area contributed by atoms with Crippen LogP contribution in [0.25, 0.3) is 0 Å². The summed E-state index contributed by atoms with van der Waals surface area (Å²) in [4.78, 5) is 0. The summed E-state index contributed by atoms with van der Waals surface area (Å²) in [7, 11) is 2.10. The van der Waals surface area contributed by atoms with Crippen molar-refractivity contribution in [3.05, 3.63) is 0 Å². The van der Waals surface area contributed by atoms with Crippen LogP contribution in [0.15, 0.2) is 0 Å². The zero-order chi connectivity index (χ0) is 11.4. The predicted molar refractivity (Wildman–Crippen MR) is 72.0 cm³/mol. The Morgan fingerprint density at radius 3 is 1.88 bits per heavy atom. The molecule has 92 valence electrons. The number of nitrogens with two attached hydrogens (primary N) is 1. The standard InChI is InChI=1S/C13H27BN2/c14-16-13-7-3-11(4-8-13)9-10-1-5-12(15)6-2-10/h10-13,16H,1-9,14-15H2. The molecule has 2 aliphatic carbocycles. The minimum Gasteiger partial charge on any atom is -0.359 e. The Labute approximate surface area is 101 Å². The third-order valence-corrected chi connectivity index (χ3v) is 4.81. The van der Waals surface area contributed by atoms with E-state index in [1.165, 1.54) is 57.8 Å². The summed E-state index contributed by atoms with van der Waals surface area (Å²) in [6.07, 6.45) is 12.5. The van der Waals surface area contributed by atoms with Crippen LogP contribution in [0.3, 0.4) is 0 Å². The molecule has 2 aliphatic rings. The first-order valence-corrected chi connectivity index (χ1v) is 7.20. The van der Waals surface area contributed by atoms with Crippen LogP contribution in [-0.4, -0.2) is 20.1 Å². The van der Waals surface area contributed by atoms with E-state index in [-0.39, 0.29) is 0 Å². The van der Waals surface area contributed by atoms with Gasteiger partial charge in [-0.3, -0.25) is 0 Å².